The average molecular weight is 361 g/mol. The third-order valence-electron chi connectivity index (χ3n) is 3.55. The van der Waals surface area contributed by atoms with Gasteiger partial charge in [-0.05, 0) is 43.5 Å². The number of halogens is 1. The smallest absolute Gasteiger partial charge is 0.243 e. The molecule has 1 aromatic carbocycles. The molecule has 7 heteroatoms. The van der Waals surface area contributed by atoms with Crippen molar-refractivity contribution >= 4 is 31.9 Å². The molecule has 0 spiro atoms. The quantitative estimate of drug-likeness (QED) is 0.889. The minimum atomic E-state index is -3.56. The van der Waals surface area contributed by atoms with Gasteiger partial charge < -0.3 is 5.73 Å². The Morgan fingerprint density at radius 3 is 2.75 bits per heavy atom. The van der Waals surface area contributed by atoms with Crippen molar-refractivity contribution in [2.24, 2.45) is 11.7 Å². The van der Waals surface area contributed by atoms with Crippen molar-refractivity contribution in [3.63, 3.8) is 0 Å². The maximum absolute atomic E-state index is 12.6. The molecule has 2 N–H and O–H groups in total. The second-order valence-corrected chi connectivity index (χ2v) is 7.81. The van der Waals surface area contributed by atoms with Crippen molar-refractivity contribution in [1.29, 1.82) is 0 Å². The van der Waals surface area contributed by atoms with Crippen LogP contribution in [0.3, 0.4) is 0 Å². The van der Waals surface area contributed by atoms with Gasteiger partial charge in [0.15, 0.2) is 0 Å². The van der Waals surface area contributed by atoms with Gasteiger partial charge in [-0.2, -0.15) is 4.31 Å². The lowest BCUT2D eigenvalue weighted by Gasteiger charge is -2.30. The van der Waals surface area contributed by atoms with Crippen LogP contribution in [-0.4, -0.2) is 31.7 Å². The summed E-state index contributed by atoms with van der Waals surface area (Å²) in [6.45, 7) is 2.44. The first-order chi connectivity index (χ1) is 9.32. The summed E-state index contributed by atoms with van der Waals surface area (Å²) in [7, 11) is -3.56. The van der Waals surface area contributed by atoms with Crippen LogP contribution < -0.4 is 5.73 Å². The number of piperidine rings is 1. The Balaban J connectivity index is 2.29. The fourth-order valence-electron chi connectivity index (χ4n) is 2.32. The number of nitrogens with zero attached hydrogens (tertiary/aromatic N) is 1. The van der Waals surface area contributed by atoms with Crippen molar-refractivity contribution < 1.29 is 13.2 Å². The number of hydrogen-bond donors (Lipinski definition) is 1. The number of primary amides is 1. The van der Waals surface area contributed by atoms with Crippen molar-refractivity contribution in [2.75, 3.05) is 13.1 Å². The molecule has 1 atom stereocenters. The molecule has 0 saturated carbocycles. The van der Waals surface area contributed by atoms with E-state index in [9.17, 15) is 13.2 Å². The average Bonchev–Trinajstić information content (AvgIpc) is 2.42. The van der Waals surface area contributed by atoms with Gasteiger partial charge in [0, 0.05) is 17.6 Å². The number of sulfonamides is 1. The monoisotopic (exact) mass is 360 g/mol. The number of aryl methyl sites for hydroxylation is 1. The molecule has 20 heavy (non-hydrogen) atoms. The Labute approximate surface area is 127 Å². The zero-order chi connectivity index (χ0) is 14.9. The summed E-state index contributed by atoms with van der Waals surface area (Å²) in [6.07, 6.45) is 1.31. The Hall–Kier alpha value is -0.920. The largest absolute Gasteiger partial charge is 0.369 e. The molecule has 1 saturated heterocycles. The van der Waals surface area contributed by atoms with Crippen LogP contribution in [0.2, 0.25) is 0 Å². The Morgan fingerprint density at radius 1 is 1.45 bits per heavy atom. The van der Waals surface area contributed by atoms with E-state index in [0.717, 1.165) is 10.0 Å². The zero-order valence-corrected chi connectivity index (χ0v) is 13.6. The molecule has 1 aliphatic rings. The predicted octanol–water partition coefficient (Wildman–Crippen LogP) is 1.64. The molecule has 0 bridgehead atoms. The van der Waals surface area contributed by atoms with Gasteiger partial charge >= 0.3 is 0 Å². The molecule has 5 nitrogen and oxygen atoms in total. The third kappa shape index (κ3) is 3.05. The van der Waals surface area contributed by atoms with Gasteiger partial charge in [0.1, 0.15) is 0 Å². The fourth-order valence-corrected chi connectivity index (χ4v) is 4.18. The Bertz CT molecular complexity index is 631. The minimum Gasteiger partial charge on any atom is -0.369 e. The van der Waals surface area contributed by atoms with Gasteiger partial charge in [0.05, 0.1) is 10.8 Å². The lowest BCUT2D eigenvalue weighted by atomic mass is 9.99. The van der Waals surface area contributed by atoms with Crippen molar-refractivity contribution in [1.82, 2.24) is 4.31 Å². The van der Waals surface area contributed by atoms with Gasteiger partial charge in [0.2, 0.25) is 15.9 Å². The number of benzene rings is 1. The molecular weight excluding hydrogens is 344 g/mol. The van der Waals surface area contributed by atoms with Gasteiger partial charge in [-0.3, -0.25) is 4.79 Å². The molecule has 110 valence electrons. The van der Waals surface area contributed by atoms with Crippen LogP contribution in [0.4, 0.5) is 0 Å². The van der Waals surface area contributed by atoms with E-state index in [1.807, 2.05) is 6.92 Å². The van der Waals surface area contributed by atoms with Gasteiger partial charge in [0.25, 0.3) is 0 Å². The first-order valence-corrected chi connectivity index (χ1v) is 8.61. The van der Waals surface area contributed by atoms with Crippen molar-refractivity contribution in [3.8, 4) is 0 Å². The van der Waals surface area contributed by atoms with E-state index < -0.39 is 21.8 Å². The molecule has 1 aliphatic heterocycles. The standard InChI is InChI=1S/C13H17BrN2O3S/c1-9-7-11(4-5-12(9)14)20(18,19)16-6-2-3-10(8-16)13(15)17/h4-5,7,10H,2-3,6,8H2,1H3,(H2,15,17)/t10-/m0/s1. The summed E-state index contributed by atoms with van der Waals surface area (Å²) < 4.78 is 27.4. The second kappa shape index (κ2) is 5.83. The molecule has 1 fully saturated rings. The summed E-state index contributed by atoms with van der Waals surface area (Å²) in [4.78, 5) is 11.5. The highest BCUT2D eigenvalue weighted by Crippen LogP contribution is 2.26. The van der Waals surface area contributed by atoms with Crippen molar-refractivity contribution in [3.05, 3.63) is 28.2 Å². The van der Waals surface area contributed by atoms with E-state index in [4.69, 9.17) is 5.73 Å². The molecular formula is C13H17BrN2O3S. The van der Waals surface area contributed by atoms with Crippen LogP contribution in [0, 0.1) is 12.8 Å². The maximum Gasteiger partial charge on any atom is 0.243 e. The number of nitrogens with two attached hydrogens (primary N) is 1. The maximum atomic E-state index is 12.6. The molecule has 1 heterocycles. The summed E-state index contributed by atoms with van der Waals surface area (Å²) in [5.41, 5.74) is 6.14. The highest BCUT2D eigenvalue weighted by atomic mass is 79.9. The van der Waals surface area contributed by atoms with E-state index in [1.165, 1.54) is 4.31 Å². The molecule has 0 unspecified atom stereocenters. The number of hydrogen-bond acceptors (Lipinski definition) is 3. The first-order valence-electron chi connectivity index (χ1n) is 6.38. The molecule has 0 radical (unpaired) electrons. The van der Waals surface area contributed by atoms with Crippen LogP contribution in [0.25, 0.3) is 0 Å². The normalized spacial score (nSPS) is 20.8. The summed E-state index contributed by atoms with van der Waals surface area (Å²) >= 11 is 3.35. The summed E-state index contributed by atoms with van der Waals surface area (Å²) in [5, 5.41) is 0. The first kappa shape index (κ1) is 15.5. The summed E-state index contributed by atoms with van der Waals surface area (Å²) in [6, 6.07) is 4.92. The van der Waals surface area contributed by atoms with Crippen LogP contribution in [-0.2, 0) is 14.8 Å². The van der Waals surface area contributed by atoms with Gasteiger partial charge in [-0.15, -0.1) is 0 Å². The van der Waals surface area contributed by atoms with Crippen LogP contribution in [0.1, 0.15) is 18.4 Å². The molecule has 1 aromatic rings. The highest BCUT2D eigenvalue weighted by Gasteiger charge is 2.32. The number of carbonyl (C=O) groups is 1. The second-order valence-electron chi connectivity index (χ2n) is 5.02. The SMILES string of the molecule is Cc1cc(S(=O)(=O)N2CCC[C@H](C(N)=O)C2)ccc1Br. The third-order valence-corrected chi connectivity index (χ3v) is 6.30. The highest BCUT2D eigenvalue weighted by molar-refractivity contribution is 9.10. The van der Waals surface area contributed by atoms with Crippen LogP contribution in [0.15, 0.2) is 27.6 Å². The van der Waals surface area contributed by atoms with E-state index >= 15 is 0 Å². The minimum absolute atomic E-state index is 0.173. The lowest BCUT2D eigenvalue weighted by molar-refractivity contribution is -0.122. The Morgan fingerprint density at radius 2 is 2.15 bits per heavy atom. The molecule has 0 aliphatic carbocycles. The molecule has 1 amide bonds. The predicted molar refractivity (Wildman–Crippen MR) is 79.6 cm³/mol. The van der Waals surface area contributed by atoms with Crippen LogP contribution in [0.5, 0.6) is 0 Å². The fraction of sp³-hybridized carbons (Fsp3) is 0.462. The van der Waals surface area contributed by atoms with Gasteiger partial charge in [-0.1, -0.05) is 15.9 Å². The van der Waals surface area contributed by atoms with E-state index in [-0.39, 0.29) is 11.4 Å². The van der Waals surface area contributed by atoms with E-state index in [1.54, 1.807) is 18.2 Å². The van der Waals surface area contributed by atoms with Crippen LogP contribution >= 0.6 is 15.9 Å². The topological polar surface area (TPSA) is 80.5 Å². The van der Waals surface area contributed by atoms with E-state index in [0.29, 0.717) is 19.4 Å². The zero-order valence-electron chi connectivity index (χ0n) is 11.2. The van der Waals surface area contributed by atoms with E-state index in [2.05, 4.69) is 15.9 Å². The number of rotatable bonds is 3. The molecule has 2 rings (SSSR count). The summed E-state index contributed by atoms with van der Waals surface area (Å²) in [5.74, 6) is -0.827. The lowest BCUT2D eigenvalue weighted by Crippen LogP contribution is -2.44. The Kier molecular flexibility index (Phi) is 4.51. The molecule has 0 aromatic heterocycles. The number of amides is 1. The van der Waals surface area contributed by atoms with Gasteiger partial charge in [-0.25, -0.2) is 8.42 Å². The number of carbonyl (C=O) groups excluding carboxylic acids is 1. The van der Waals surface area contributed by atoms with Crippen molar-refractivity contribution in [2.45, 2.75) is 24.7 Å².